The summed E-state index contributed by atoms with van der Waals surface area (Å²) in [6.07, 6.45) is 0. The molecule has 1 heterocycles. The number of hydrogen-bond donors (Lipinski definition) is 2. The molecule has 0 aliphatic carbocycles. The molecule has 2 rings (SSSR count). The van der Waals surface area contributed by atoms with Crippen LogP contribution in [-0.2, 0) is 4.79 Å². The first-order chi connectivity index (χ1) is 8.99. The zero-order valence-corrected chi connectivity index (χ0v) is 11.2. The molecule has 0 radical (unpaired) electrons. The lowest BCUT2D eigenvalue weighted by Gasteiger charge is -2.02. The van der Waals surface area contributed by atoms with Crippen molar-refractivity contribution in [3.05, 3.63) is 34.7 Å². The van der Waals surface area contributed by atoms with E-state index in [1.165, 1.54) is 6.92 Å². The van der Waals surface area contributed by atoms with Crippen molar-refractivity contribution in [1.29, 1.82) is 0 Å². The molecule has 0 aliphatic rings. The number of anilines is 1. The Morgan fingerprint density at radius 2 is 2.00 bits per heavy atom. The molecule has 0 atom stereocenters. The summed E-state index contributed by atoms with van der Waals surface area (Å²) in [5.41, 5.74) is 2.08. The molecule has 98 valence electrons. The summed E-state index contributed by atoms with van der Waals surface area (Å²) in [6, 6.07) is 7.40. The smallest absolute Gasteiger partial charge is 0.348 e. The number of nitrogens with zero attached hydrogens (tertiary/aromatic N) is 1. The van der Waals surface area contributed by atoms with E-state index < -0.39 is 5.97 Å². The lowest BCUT2D eigenvalue weighted by atomic mass is 10.1. The molecule has 0 saturated heterocycles. The molecular weight excluding hydrogens is 264 g/mol. The van der Waals surface area contributed by atoms with E-state index in [9.17, 15) is 14.7 Å². The van der Waals surface area contributed by atoms with Crippen LogP contribution in [0, 0.1) is 6.92 Å². The Morgan fingerprint density at radius 1 is 1.32 bits per heavy atom. The number of thiazole rings is 1. The predicted octanol–water partition coefficient (Wildman–Crippen LogP) is 2.78. The number of carboxylic acid groups (broad SMARTS) is 1. The van der Waals surface area contributed by atoms with Gasteiger partial charge in [0.2, 0.25) is 5.91 Å². The van der Waals surface area contributed by atoms with E-state index in [0.717, 1.165) is 22.5 Å². The van der Waals surface area contributed by atoms with Crippen LogP contribution < -0.4 is 5.32 Å². The number of carboxylic acids is 1. The van der Waals surface area contributed by atoms with Gasteiger partial charge in [0.05, 0.1) is 5.69 Å². The summed E-state index contributed by atoms with van der Waals surface area (Å²) in [5.74, 6) is -1.32. The molecule has 2 aromatic rings. The van der Waals surface area contributed by atoms with Gasteiger partial charge in [0, 0.05) is 12.5 Å². The van der Waals surface area contributed by atoms with Crippen LogP contribution >= 0.6 is 11.3 Å². The van der Waals surface area contributed by atoms with Crippen LogP contribution in [0.4, 0.5) is 5.13 Å². The number of aromatic carboxylic acids is 1. The summed E-state index contributed by atoms with van der Waals surface area (Å²) in [5, 5.41) is 12.0. The van der Waals surface area contributed by atoms with Crippen LogP contribution in [0.15, 0.2) is 24.3 Å². The second-order valence-corrected chi connectivity index (χ2v) is 5.00. The van der Waals surface area contributed by atoms with Crippen LogP contribution in [0.1, 0.15) is 22.2 Å². The third-order valence-electron chi connectivity index (χ3n) is 2.50. The lowest BCUT2D eigenvalue weighted by Crippen LogP contribution is -2.04. The van der Waals surface area contributed by atoms with Gasteiger partial charge in [-0.3, -0.25) is 4.79 Å². The third kappa shape index (κ3) is 2.79. The highest BCUT2D eigenvalue weighted by atomic mass is 32.1. The van der Waals surface area contributed by atoms with Crippen LogP contribution in [0.25, 0.3) is 11.3 Å². The largest absolute Gasteiger partial charge is 0.477 e. The van der Waals surface area contributed by atoms with Gasteiger partial charge in [-0.1, -0.05) is 35.6 Å². The van der Waals surface area contributed by atoms with Crippen molar-refractivity contribution < 1.29 is 14.7 Å². The molecule has 0 unspecified atom stereocenters. The summed E-state index contributed by atoms with van der Waals surface area (Å²) in [7, 11) is 0. The number of nitrogens with one attached hydrogen (secondary N) is 1. The fraction of sp³-hybridized carbons (Fsp3) is 0.154. The Balaban J connectivity index is 2.55. The molecule has 0 fully saturated rings. The zero-order valence-electron chi connectivity index (χ0n) is 10.4. The second-order valence-electron chi connectivity index (χ2n) is 4.00. The first-order valence-corrected chi connectivity index (χ1v) is 6.38. The molecule has 1 aromatic carbocycles. The Kier molecular flexibility index (Phi) is 3.62. The van der Waals surface area contributed by atoms with E-state index in [1.54, 1.807) is 0 Å². The van der Waals surface area contributed by atoms with E-state index >= 15 is 0 Å². The minimum absolute atomic E-state index is 0.123. The van der Waals surface area contributed by atoms with Gasteiger partial charge in [-0.2, -0.15) is 0 Å². The van der Waals surface area contributed by atoms with Crippen molar-refractivity contribution in [2.75, 3.05) is 5.32 Å². The number of amides is 1. The molecule has 0 saturated carbocycles. The number of carbonyl (C=O) groups is 2. The maximum absolute atomic E-state index is 11.3. The van der Waals surface area contributed by atoms with Crippen LogP contribution in [0.3, 0.4) is 0 Å². The van der Waals surface area contributed by atoms with Gasteiger partial charge in [-0.25, -0.2) is 9.78 Å². The van der Waals surface area contributed by atoms with Gasteiger partial charge in [-0.15, -0.1) is 0 Å². The number of aryl methyl sites for hydroxylation is 1. The minimum Gasteiger partial charge on any atom is -0.477 e. The van der Waals surface area contributed by atoms with E-state index in [4.69, 9.17) is 0 Å². The van der Waals surface area contributed by atoms with Gasteiger partial charge in [0.25, 0.3) is 0 Å². The SMILES string of the molecule is CC(=O)Nc1nc(-c2ccccc2C)c(C(=O)O)s1. The number of aromatic nitrogens is 1. The second kappa shape index (κ2) is 5.19. The van der Waals surface area contributed by atoms with Gasteiger partial charge < -0.3 is 10.4 Å². The Labute approximate surface area is 113 Å². The summed E-state index contributed by atoms with van der Waals surface area (Å²) in [6.45, 7) is 3.24. The summed E-state index contributed by atoms with van der Waals surface area (Å²) >= 11 is 0.957. The predicted molar refractivity (Wildman–Crippen MR) is 73.6 cm³/mol. The number of carbonyl (C=O) groups excluding carboxylic acids is 1. The maximum Gasteiger partial charge on any atom is 0.348 e. The Morgan fingerprint density at radius 3 is 2.58 bits per heavy atom. The quantitative estimate of drug-likeness (QED) is 0.903. The van der Waals surface area contributed by atoms with E-state index in [1.807, 2.05) is 31.2 Å². The van der Waals surface area contributed by atoms with Crippen molar-refractivity contribution in [2.45, 2.75) is 13.8 Å². The molecule has 0 bridgehead atoms. The van der Waals surface area contributed by atoms with Gasteiger partial charge in [-0.05, 0) is 12.5 Å². The first-order valence-electron chi connectivity index (χ1n) is 5.56. The summed E-state index contributed by atoms with van der Waals surface area (Å²) < 4.78 is 0. The standard InChI is InChI=1S/C13H12N2O3S/c1-7-5-3-4-6-9(7)10-11(12(17)18)19-13(15-10)14-8(2)16/h3-6H,1-2H3,(H,17,18)(H,14,15,16). The van der Waals surface area contributed by atoms with Crippen LogP contribution in [0.2, 0.25) is 0 Å². The van der Waals surface area contributed by atoms with E-state index in [0.29, 0.717) is 10.8 Å². The van der Waals surface area contributed by atoms with Crippen LogP contribution in [-0.4, -0.2) is 22.0 Å². The fourth-order valence-corrected chi connectivity index (χ4v) is 2.55. The average Bonchev–Trinajstić information content (AvgIpc) is 2.72. The molecule has 1 amide bonds. The molecular formula is C13H12N2O3S. The zero-order chi connectivity index (χ0) is 14.0. The highest BCUT2D eigenvalue weighted by Crippen LogP contribution is 2.32. The Bertz CT molecular complexity index is 649. The number of rotatable bonds is 3. The maximum atomic E-state index is 11.3. The van der Waals surface area contributed by atoms with Crippen molar-refractivity contribution in [1.82, 2.24) is 4.98 Å². The minimum atomic E-state index is -1.05. The highest BCUT2D eigenvalue weighted by molar-refractivity contribution is 7.18. The lowest BCUT2D eigenvalue weighted by molar-refractivity contribution is -0.114. The molecule has 5 nitrogen and oxygen atoms in total. The van der Waals surface area contributed by atoms with E-state index in [2.05, 4.69) is 10.3 Å². The highest BCUT2D eigenvalue weighted by Gasteiger charge is 2.20. The normalized spacial score (nSPS) is 10.2. The molecule has 0 aliphatic heterocycles. The van der Waals surface area contributed by atoms with Crippen molar-refractivity contribution in [3.8, 4) is 11.3 Å². The number of benzene rings is 1. The first kappa shape index (κ1) is 13.2. The molecule has 0 spiro atoms. The molecule has 6 heteroatoms. The number of hydrogen-bond acceptors (Lipinski definition) is 4. The van der Waals surface area contributed by atoms with E-state index in [-0.39, 0.29) is 10.8 Å². The molecule has 2 N–H and O–H groups in total. The van der Waals surface area contributed by atoms with Gasteiger partial charge >= 0.3 is 5.97 Å². The topological polar surface area (TPSA) is 79.3 Å². The van der Waals surface area contributed by atoms with Gasteiger partial charge in [0.1, 0.15) is 4.88 Å². The molecule has 19 heavy (non-hydrogen) atoms. The van der Waals surface area contributed by atoms with Crippen molar-refractivity contribution in [2.24, 2.45) is 0 Å². The Hall–Kier alpha value is -2.21. The fourth-order valence-electron chi connectivity index (χ4n) is 1.69. The molecule has 1 aromatic heterocycles. The average molecular weight is 276 g/mol. The van der Waals surface area contributed by atoms with Gasteiger partial charge in [0.15, 0.2) is 5.13 Å². The van der Waals surface area contributed by atoms with Crippen LogP contribution in [0.5, 0.6) is 0 Å². The monoisotopic (exact) mass is 276 g/mol. The van der Waals surface area contributed by atoms with Crippen molar-refractivity contribution in [3.63, 3.8) is 0 Å². The van der Waals surface area contributed by atoms with Crippen molar-refractivity contribution >= 4 is 28.3 Å². The third-order valence-corrected chi connectivity index (χ3v) is 3.46. The summed E-state index contributed by atoms with van der Waals surface area (Å²) in [4.78, 5) is 26.6.